The van der Waals surface area contributed by atoms with E-state index >= 15 is 0 Å². The lowest BCUT2D eigenvalue weighted by molar-refractivity contribution is -0.141. The second-order valence-electron chi connectivity index (χ2n) is 2.92. The van der Waals surface area contributed by atoms with E-state index in [1.54, 1.807) is 6.92 Å². The molecule has 0 bridgehead atoms. The van der Waals surface area contributed by atoms with Gasteiger partial charge in [-0.05, 0) is 6.92 Å². The molecule has 1 atom stereocenters. The smallest absolute Gasteiger partial charge is 0.327 e. The van der Waals surface area contributed by atoms with Gasteiger partial charge in [0.05, 0.1) is 0 Å². The van der Waals surface area contributed by atoms with Crippen LogP contribution in [0.15, 0.2) is 12.2 Å². The maximum absolute atomic E-state index is 11.0. The molecule has 0 fully saturated rings. The first-order chi connectivity index (χ1) is 7.11. The van der Waals surface area contributed by atoms with Gasteiger partial charge in [-0.1, -0.05) is 19.1 Å². The molecule has 4 nitrogen and oxygen atoms in total. The highest BCUT2D eigenvalue weighted by atomic mass is 32.2. The third-order valence-electron chi connectivity index (χ3n) is 1.69. The Bertz CT molecular complexity index is 241. The van der Waals surface area contributed by atoms with E-state index in [1.165, 1.54) is 11.8 Å². The number of nitrogens with one attached hydrogen (secondary N) is 1. The summed E-state index contributed by atoms with van der Waals surface area (Å²) in [6.45, 7) is 3.61. The lowest BCUT2D eigenvalue weighted by Crippen LogP contribution is -2.42. The van der Waals surface area contributed by atoms with Gasteiger partial charge in [0.2, 0.25) is 5.91 Å². The van der Waals surface area contributed by atoms with Crippen molar-refractivity contribution in [2.24, 2.45) is 0 Å². The zero-order valence-electron chi connectivity index (χ0n) is 9.03. The van der Waals surface area contributed by atoms with Crippen molar-refractivity contribution in [3.8, 4) is 0 Å². The molecule has 2 N–H and O–H groups in total. The van der Waals surface area contributed by atoms with Crippen LogP contribution in [-0.2, 0) is 9.59 Å². The summed E-state index contributed by atoms with van der Waals surface area (Å²) >= 11 is 1.48. The molecule has 86 valence electrons. The molecule has 1 unspecified atom stereocenters. The topological polar surface area (TPSA) is 66.4 Å². The highest BCUT2D eigenvalue weighted by Crippen LogP contribution is 2.04. The Morgan fingerprint density at radius 3 is 2.67 bits per heavy atom. The standard InChI is InChI=1S/C10H17NO3S/c1-3-5-6-15-7-8(10(13)14)11-9(12)4-2/h3,5,8H,4,6-7H2,1-2H3,(H,11,12)(H,13,14). The molecule has 0 rings (SSSR count). The second-order valence-corrected chi connectivity index (χ2v) is 3.99. The average Bonchev–Trinajstić information content (AvgIpc) is 2.21. The molecular formula is C10H17NO3S. The summed E-state index contributed by atoms with van der Waals surface area (Å²) in [5.74, 6) is -0.0490. The van der Waals surface area contributed by atoms with Crippen molar-refractivity contribution in [2.45, 2.75) is 26.3 Å². The molecule has 0 saturated heterocycles. The summed E-state index contributed by atoms with van der Waals surface area (Å²) in [6.07, 6.45) is 4.17. The van der Waals surface area contributed by atoms with E-state index in [0.717, 1.165) is 5.75 Å². The van der Waals surface area contributed by atoms with Gasteiger partial charge >= 0.3 is 5.97 Å². The van der Waals surface area contributed by atoms with Crippen molar-refractivity contribution in [3.63, 3.8) is 0 Å². The van der Waals surface area contributed by atoms with Crippen LogP contribution < -0.4 is 5.32 Å². The van der Waals surface area contributed by atoms with Crippen molar-refractivity contribution in [2.75, 3.05) is 11.5 Å². The Labute approximate surface area is 94.1 Å². The molecule has 0 aromatic rings. The molecule has 0 saturated carbocycles. The molecule has 0 aliphatic heterocycles. The number of rotatable bonds is 7. The first kappa shape index (κ1) is 14.0. The Kier molecular flexibility index (Phi) is 7.81. The lowest BCUT2D eigenvalue weighted by atomic mass is 10.3. The second kappa shape index (κ2) is 8.35. The summed E-state index contributed by atoms with van der Waals surface area (Å²) in [5, 5.41) is 11.3. The van der Waals surface area contributed by atoms with Crippen LogP contribution in [0.25, 0.3) is 0 Å². The van der Waals surface area contributed by atoms with Crippen LogP contribution in [0.1, 0.15) is 20.3 Å². The highest BCUT2D eigenvalue weighted by Gasteiger charge is 2.18. The van der Waals surface area contributed by atoms with E-state index in [2.05, 4.69) is 5.32 Å². The van der Waals surface area contributed by atoms with Gasteiger partial charge < -0.3 is 10.4 Å². The first-order valence-corrected chi connectivity index (χ1v) is 5.98. The molecule has 1 amide bonds. The monoisotopic (exact) mass is 231 g/mol. The number of hydrogen-bond acceptors (Lipinski definition) is 3. The fourth-order valence-electron chi connectivity index (χ4n) is 0.821. The molecule has 0 radical (unpaired) electrons. The maximum Gasteiger partial charge on any atom is 0.327 e. The van der Waals surface area contributed by atoms with Crippen molar-refractivity contribution in [1.29, 1.82) is 0 Å². The number of carboxylic acids is 1. The van der Waals surface area contributed by atoms with Crippen LogP contribution in [0.3, 0.4) is 0 Å². The Balaban J connectivity index is 3.94. The number of thioether (sulfide) groups is 1. The van der Waals surface area contributed by atoms with E-state index < -0.39 is 12.0 Å². The number of hydrogen-bond donors (Lipinski definition) is 2. The van der Waals surface area contributed by atoms with Gasteiger partial charge in [-0.3, -0.25) is 4.79 Å². The number of carbonyl (C=O) groups excluding carboxylic acids is 1. The summed E-state index contributed by atoms with van der Waals surface area (Å²) in [5.41, 5.74) is 0. The van der Waals surface area contributed by atoms with E-state index in [0.29, 0.717) is 12.2 Å². The molecule has 0 aliphatic carbocycles. The zero-order valence-corrected chi connectivity index (χ0v) is 9.84. The van der Waals surface area contributed by atoms with Crippen LogP contribution in [-0.4, -0.2) is 34.5 Å². The van der Waals surface area contributed by atoms with Gasteiger partial charge in [0, 0.05) is 17.9 Å². The highest BCUT2D eigenvalue weighted by molar-refractivity contribution is 7.99. The lowest BCUT2D eigenvalue weighted by Gasteiger charge is -2.12. The van der Waals surface area contributed by atoms with Gasteiger partial charge in [0.15, 0.2) is 0 Å². The molecule has 0 aromatic carbocycles. The van der Waals surface area contributed by atoms with Crippen LogP contribution in [0, 0.1) is 0 Å². The maximum atomic E-state index is 11.0. The van der Waals surface area contributed by atoms with Crippen molar-refractivity contribution in [3.05, 3.63) is 12.2 Å². The zero-order chi connectivity index (χ0) is 11.7. The van der Waals surface area contributed by atoms with Crippen molar-refractivity contribution >= 4 is 23.6 Å². The van der Waals surface area contributed by atoms with Crippen LogP contribution in [0.2, 0.25) is 0 Å². The molecule has 0 aromatic heterocycles. The van der Waals surface area contributed by atoms with Gasteiger partial charge in [0.1, 0.15) is 6.04 Å². The Hall–Kier alpha value is -0.970. The normalized spacial score (nSPS) is 12.7. The van der Waals surface area contributed by atoms with Crippen molar-refractivity contribution < 1.29 is 14.7 Å². The van der Waals surface area contributed by atoms with Gasteiger partial charge in [-0.25, -0.2) is 4.79 Å². The number of carbonyl (C=O) groups is 2. The molecule has 0 spiro atoms. The van der Waals surface area contributed by atoms with E-state index in [9.17, 15) is 9.59 Å². The minimum Gasteiger partial charge on any atom is -0.480 e. The van der Waals surface area contributed by atoms with Crippen LogP contribution in [0.5, 0.6) is 0 Å². The summed E-state index contributed by atoms with van der Waals surface area (Å²) in [4.78, 5) is 21.8. The van der Waals surface area contributed by atoms with Crippen LogP contribution >= 0.6 is 11.8 Å². The first-order valence-electron chi connectivity index (χ1n) is 4.82. The predicted octanol–water partition coefficient (Wildman–Crippen LogP) is 1.28. The largest absolute Gasteiger partial charge is 0.480 e. The summed E-state index contributed by atoms with van der Waals surface area (Å²) in [7, 11) is 0. The number of aliphatic carboxylic acids is 1. The molecular weight excluding hydrogens is 214 g/mol. The molecule has 0 aliphatic rings. The fourth-order valence-corrected chi connectivity index (χ4v) is 1.75. The summed E-state index contributed by atoms with van der Waals surface area (Å²) < 4.78 is 0. The van der Waals surface area contributed by atoms with Crippen molar-refractivity contribution in [1.82, 2.24) is 5.32 Å². The van der Waals surface area contributed by atoms with E-state index in [1.807, 2.05) is 19.1 Å². The number of amides is 1. The minimum atomic E-state index is -0.982. The number of carboxylic acid groups (broad SMARTS) is 1. The average molecular weight is 231 g/mol. The molecule has 5 heteroatoms. The predicted molar refractivity (Wildman–Crippen MR) is 62.0 cm³/mol. The van der Waals surface area contributed by atoms with E-state index in [-0.39, 0.29) is 5.91 Å². The van der Waals surface area contributed by atoms with Gasteiger partial charge in [-0.15, -0.1) is 0 Å². The van der Waals surface area contributed by atoms with Crippen LogP contribution in [0.4, 0.5) is 0 Å². The quantitative estimate of drug-likeness (QED) is 0.511. The van der Waals surface area contributed by atoms with E-state index in [4.69, 9.17) is 5.11 Å². The Morgan fingerprint density at radius 1 is 1.53 bits per heavy atom. The SMILES string of the molecule is CC=CCSCC(NC(=O)CC)C(=O)O. The molecule has 15 heavy (non-hydrogen) atoms. The minimum absolute atomic E-state index is 0.228. The molecule has 0 heterocycles. The number of allylic oxidation sites excluding steroid dienone is 1. The third-order valence-corrected chi connectivity index (χ3v) is 2.69. The fraction of sp³-hybridized carbons (Fsp3) is 0.600. The van der Waals surface area contributed by atoms with Gasteiger partial charge in [-0.2, -0.15) is 11.8 Å². The Morgan fingerprint density at radius 2 is 2.20 bits per heavy atom. The van der Waals surface area contributed by atoms with Gasteiger partial charge in [0.25, 0.3) is 0 Å². The summed E-state index contributed by atoms with van der Waals surface area (Å²) in [6, 6.07) is -0.785. The third kappa shape index (κ3) is 7.02.